The number of aliphatic carboxylic acids is 2. The number of methoxy groups -OCH3 is 3. The monoisotopic (exact) mass is 504 g/mol. The molecule has 2 aromatic carbocycles. The molecule has 3 rings (SSSR count). The highest BCUT2D eigenvalue weighted by molar-refractivity contribution is 6.27. The Labute approximate surface area is 209 Å². The zero-order chi connectivity index (χ0) is 26.7. The Bertz CT molecular complexity index is 995. The van der Waals surface area contributed by atoms with E-state index in [9.17, 15) is 4.79 Å². The van der Waals surface area contributed by atoms with Crippen LogP contribution in [0.2, 0.25) is 0 Å². The fourth-order valence-corrected chi connectivity index (χ4v) is 3.61. The van der Waals surface area contributed by atoms with Gasteiger partial charge in [0.2, 0.25) is 5.75 Å². The molecule has 1 fully saturated rings. The first-order valence-corrected chi connectivity index (χ1v) is 11.2. The molecule has 1 aliphatic rings. The summed E-state index contributed by atoms with van der Waals surface area (Å²) in [4.78, 5) is 35.5. The number of rotatable bonds is 8. The minimum Gasteiger partial charge on any atom is -0.494 e. The number of benzene rings is 2. The van der Waals surface area contributed by atoms with Crippen molar-refractivity contribution in [3.05, 3.63) is 47.5 Å². The quantitative estimate of drug-likeness (QED) is 0.515. The van der Waals surface area contributed by atoms with Crippen molar-refractivity contribution in [3.8, 4) is 23.0 Å². The lowest BCUT2D eigenvalue weighted by Gasteiger charge is -2.35. The van der Waals surface area contributed by atoms with Crippen molar-refractivity contribution in [2.24, 2.45) is 0 Å². The molecule has 0 unspecified atom stereocenters. The third-order valence-electron chi connectivity index (χ3n) is 5.39. The molecule has 2 aromatic rings. The normalized spacial score (nSPS) is 13.2. The van der Waals surface area contributed by atoms with Crippen LogP contribution >= 0.6 is 0 Å². The number of piperazine rings is 1. The summed E-state index contributed by atoms with van der Waals surface area (Å²) < 4.78 is 21.6. The Morgan fingerprint density at radius 2 is 1.36 bits per heavy atom. The fraction of sp³-hybridized carbons (Fsp3) is 0.400. The van der Waals surface area contributed by atoms with E-state index in [0.29, 0.717) is 42.5 Å². The van der Waals surface area contributed by atoms with Gasteiger partial charge in [0.15, 0.2) is 11.5 Å². The molecule has 1 saturated heterocycles. The van der Waals surface area contributed by atoms with Crippen molar-refractivity contribution < 1.29 is 43.5 Å². The van der Waals surface area contributed by atoms with Gasteiger partial charge in [-0.2, -0.15) is 0 Å². The maximum Gasteiger partial charge on any atom is 0.414 e. The third-order valence-corrected chi connectivity index (χ3v) is 5.39. The number of hydrogen-bond acceptors (Lipinski definition) is 8. The molecule has 1 heterocycles. The lowest BCUT2D eigenvalue weighted by molar-refractivity contribution is -0.159. The van der Waals surface area contributed by atoms with E-state index >= 15 is 0 Å². The Hall–Kier alpha value is -3.99. The number of carboxylic acid groups (broad SMARTS) is 2. The number of hydrogen-bond donors (Lipinski definition) is 2. The average Bonchev–Trinajstić information content (AvgIpc) is 2.89. The first kappa shape index (κ1) is 28.2. The smallest absolute Gasteiger partial charge is 0.414 e. The molecule has 0 spiro atoms. The molecule has 0 aromatic heterocycles. The van der Waals surface area contributed by atoms with Gasteiger partial charge in [0.25, 0.3) is 5.91 Å². The summed E-state index contributed by atoms with van der Waals surface area (Å²) >= 11 is 0. The standard InChI is InChI=1S/C23H30N2O5.C2H2O4/c1-5-30-19-8-6-17(7-9-19)16-24-10-12-25(13-11-24)23(26)18-14-20(27-2)22(29-4)21(15-18)28-3;3-1(4)2(5)6/h6-9,14-15H,5,10-13,16H2,1-4H3;(H,3,4)(H,5,6). The molecule has 1 aliphatic heterocycles. The fourth-order valence-electron chi connectivity index (χ4n) is 3.61. The summed E-state index contributed by atoms with van der Waals surface area (Å²) in [6, 6.07) is 11.6. The highest BCUT2D eigenvalue weighted by Crippen LogP contribution is 2.38. The second-order valence-electron chi connectivity index (χ2n) is 7.67. The Kier molecular flexibility index (Phi) is 10.8. The van der Waals surface area contributed by atoms with Gasteiger partial charge in [-0.1, -0.05) is 12.1 Å². The number of carboxylic acids is 2. The Balaban J connectivity index is 0.000000678. The summed E-state index contributed by atoms with van der Waals surface area (Å²) in [6.45, 7) is 6.50. The second kappa shape index (κ2) is 13.8. The maximum absolute atomic E-state index is 13.0. The molecule has 11 heteroatoms. The van der Waals surface area contributed by atoms with E-state index in [0.717, 1.165) is 25.4 Å². The van der Waals surface area contributed by atoms with Crippen molar-refractivity contribution in [1.29, 1.82) is 0 Å². The van der Waals surface area contributed by atoms with Crippen LogP contribution in [0.15, 0.2) is 36.4 Å². The van der Waals surface area contributed by atoms with Crippen LogP contribution in [0.4, 0.5) is 0 Å². The zero-order valence-electron chi connectivity index (χ0n) is 20.9. The van der Waals surface area contributed by atoms with E-state index in [4.69, 9.17) is 38.7 Å². The Morgan fingerprint density at radius 1 is 0.833 bits per heavy atom. The average molecular weight is 505 g/mol. The molecule has 0 aliphatic carbocycles. The number of carbonyl (C=O) groups is 3. The summed E-state index contributed by atoms with van der Waals surface area (Å²) in [7, 11) is 4.64. The van der Waals surface area contributed by atoms with Crippen LogP contribution in [0.1, 0.15) is 22.8 Å². The van der Waals surface area contributed by atoms with Gasteiger partial charge in [0.05, 0.1) is 27.9 Å². The largest absolute Gasteiger partial charge is 0.494 e. The van der Waals surface area contributed by atoms with Gasteiger partial charge >= 0.3 is 11.9 Å². The van der Waals surface area contributed by atoms with Crippen molar-refractivity contribution >= 4 is 17.8 Å². The number of ether oxygens (including phenoxy) is 4. The van der Waals surface area contributed by atoms with Gasteiger partial charge < -0.3 is 34.1 Å². The molecule has 2 N–H and O–H groups in total. The van der Waals surface area contributed by atoms with Gasteiger partial charge in [-0.3, -0.25) is 9.69 Å². The highest BCUT2D eigenvalue weighted by atomic mass is 16.5. The SMILES string of the molecule is CCOc1ccc(CN2CCN(C(=O)c3cc(OC)c(OC)c(OC)c3)CC2)cc1.O=C(O)C(=O)O. The van der Waals surface area contributed by atoms with Crippen LogP contribution in [0.5, 0.6) is 23.0 Å². The molecular weight excluding hydrogens is 472 g/mol. The predicted octanol–water partition coefficient (Wildman–Crippen LogP) is 2.22. The second-order valence-corrected chi connectivity index (χ2v) is 7.67. The molecule has 0 atom stereocenters. The molecule has 11 nitrogen and oxygen atoms in total. The van der Waals surface area contributed by atoms with Crippen LogP contribution < -0.4 is 18.9 Å². The minimum atomic E-state index is -1.82. The van der Waals surface area contributed by atoms with Crippen LogP contribution in [0, 0.1) is 0 Å². The predicted molar refractivity (Wildman–Crippen MR) is 130 cm³/mol. The molecule has 0 saturated carbocycles. The van der Waals surface area contributed by atoms with Crippen LogP contribution in [-0.2, 0) is 16.1 Å². The molecule has 1 amide bonds. The van der Waals surface area contributed by atoms with Gasteiger partial charge in [-0.25, -0.2) is 9.59 Å². The number of amides is 1. The topological polar surface area (TPSA) is 135 Å². The van der Waals surface area contributed by atoms with Gasteiger partial charge in [0, 0.05) is 38.3 Å². The first-order valence-electron chi connectivity index (χ1n) is 11.2. The van der Waals surface area contributed by atoms with E-state index in [1.54, 1.807) is 33.5 Å². The van der Waals surface area contributed by atoms with E-state index < -0.39 is 11.9 Å². The third kappa shape index (κ3) is 7.77. The highest BCUT2D eigenvalue weighted by Gasteiger charge is 2.24. The zero-order valence-corrected chi connectivity index (χ0v) is 20.9. The van der Waals surface area contributed by atoms with Crippen molar-refractivity contribution in [1.82, 2.24) is 9.80 Å². The molecule has 196 valence electrons. The van der Waals surface area contributed by atoms with Crippen molar-refractivity contribution in [3.63, 3.8) is 0 Å². The van der Waals surface area contributed by atoms with Crippen molar-refractivity contribution in [2.45, 2.75) is 13.5 Å². The van der Waals surface area contributed by atoms with Gasteiger partial charge in [-0.15, -0.1) is 0 Å². The van der Waals surface area contributed by atoms with Crippen molar-refractivity contribution in [2.75, 3.05) is 54.1 Å². The minimum absolute atomic E-state index is 0.0324. The van der Waals surface area contributed by atoms with Crippen LogP contribution in [0.25, 0.3) is 0 Å². The van der Waals surface area contributed by atoms with Crippen LogP contribution in [0.3, 0.4) is 0 Å². The Morgan fingerprint density at radius 3 is 1.78 bits per heavy atom. The number of nitrogens with zero attached hydrogens (tertiary/aromatic N) is 2. The lowest BCUT2D eigenvalue weighted by Crippen LogP contribution is -2.48. The van der Waals surface area contributed by atoms with Crippen LogP contribution in [-0.4, -0.2) is 92.0 Å². The van der Waals surface area contributed by atoms with E-state index in [2.05, 4.69) is 17.0 Å². The maximum atomic E-state index is 13.0. The molecule has 0 radical (unpaired) electrons. The molecule has 36 heavy (non-hydrogen) atoms. The summed E-state index contributed by atoms with van der Waals surface area (Å²) in [6.07, 6.45) is 0. The van der Waals surface area contributed by atoms with Gasteiger partial charge in [0.1, 0.15) is 5.75 Å². The summed E-state index contributed by atoms with van der Waals surface area (Å²) in [5.41, 5.74) is 1.77. The number of carbonyl (C=O) groups excluding carboxylic acids is 1. The summed E-state index contributed by atoms with van der Waals surface area (Å²) in [5.74, 6) is -1.35. The molecule has 0 bridgehead atoms. The van der Waals surface area contributed by atoms with E-state index in [-0.39, 0.29) is 5.91 Å². The van der Waals surface area contributed by atoms with Gasteiger partial charge in [-0.05, 0) is 36.8 Å². The van der Waals surface area contributed by atoms with E-state index in [1.165, 1.54) is 5.56 Å². The lowest BCUT2D eigenvalue weighted by atomic mass is 10.1. The summed E-state index contributed by atoms with van der Waals surface area (Å²) in [5, 5.41) is 14.8. The first-order chi connectivity index (χ1) is 17.2. The molecular formula is C25H32N2O9. The van der Waals surface area contributed by atoms with E-state index in [1.807, 2.05) is 24.0 Å².